The first-order valence-electron chi connectivity index (χ1n) is 4.96. The Morgan fingerprint density at radius 3 is 2.68 bits per heavy atom. The molecule has 0 aromatic carbocycles. The molecule has 1 N–H and O–H groups in total. The normalized spacial score (nSPS) is 10.1. The molecule has 1 amide bonds. The zero-order chi connectivity index (χ0) is 13.8. The number of nitrogens with one attached hydrogen (secondary N) is 1. The first-order chi connectivity index (χ1) is 9.08. The highest BCUT2D eigenvalue weighted by atomic mass is 35.5. The van der Waals surface area contributed by atoms with Crippen molar-refractivity contribution in [2.45, 2.75) is 0 Å². The zero-order valence-corrected chi connectivity index (χ0v) is 11.1. The number of hydrogen-bond acceptors (Lipinski definition) is 6. The smallest absolute Gasteiger partial charge is 0.278 e. The summed E-state index contributed by atoms with van der Waals surface area (Å²) in [5.41, 5.74) is 0.0371. The second-order valence-electron chi connectivity index (χ2n) is 3.24. The van der Waals surface area contributed by atoms with E-state index in [1.165, 1.54) is 25.6 Å². The Labute approximate surface area is 118 Å². The minimum absolute atomic E-state index is 0.00359. The number of anilines is 1. The van der Waals surface area contributed by atoms with Crippen molar-refractivity contribution in [3.63, 3.8) is 0 Å². The Balaban J connectivity index is 2.21. The molecule has 0 fully saturated rings. The molecule has 0 aliphatic carbocycles. The number of amides is 1. The predicted octanol–water partition coefficient (Wildman–Crippen LogP) is 1.83. The molecule has 2 heterocycles. The van der Waals surface area contributed by atoms with E-state index in [0.717, 1.165) is 0 Å². The van der Waals surface area contributed by atoms with Crippen LogP contribution in [0.1, 0.15) is 10.5 Å². The van der Waals surface area contributed by atoms with Gasteiger partial charge in [0.15, 0.2) is 0 Å². The van der Waals surface area contributed by atoms with Gasteiger partial charge < -0.3 is 4.74 Å². The maximum absolute atomic E-state index is 11.8. The van der Waals surface area contributed by atoms with Crippen LogP contribution in [0.5, 0.6) is 5.88 Å². The molecular weight excluding hydrogens is 293 g/mol. The summed E-state index contributed by atoms with van der Waals surface area (Å²) >= 11 is 11.4. The van der Waals surface area contributed by atoms with E-state index in [4.69, 9.17) is 27.9 Å². The highest BCUT2D eigenvalue weighted by molar-refractivity contribution is 6.30. The minimum atomic E-state index is -0.556. The number of nitrogens with zero attached hydrogens (tertiary/aromatic N) is 4. The summed E-state index contributed by atoms with van der Waals surface area (Å²) in [6.45, 7) is 0. The molecular formula is C10H7Cl2N5O2. The number of aromatic nitrogens is 4. The van der Waals surface area contributed by atoms with E-state index in [-0.39, 0.29) is 27.8 Å². The number of carbonyl (C=O) groups excluding carboxylic acids is 1. The van der Waals surface area contributed by atoms with Crippen LogP contribution in [0.3, 0.4) is 0 Å². The molecule has 0 spiro atoms. The quantitative estimate of drug-likeness (QED) is 0.870. The van der Waals surface area contributed by atoms with Gasteiger partial charge in [-0.25, -0.2) is 9.97 Å². The Hall–Kier alpha value is -1.99. The van der Waals surface area contributed by atoms with Gasteiger partial charge in [-0.3, -0.25) is 15.1 Å². The molecule has 2 aromatic heterocycles. The van der Waals surface area contributed by atoms with Crippen LogP contribution in [0.2, 0.25) is 10.3 Å². The van der Waals surface area contributed by atoms with Gasteiger partial charge in [-0.15, -0.1) is 0 Å². The third-order valence-electron chi connectivity index (χ3n) is 1.94. The van der Waals surface area contributed by atoms with Gasteiger partial charge in [0.25, 0.3) is 5.91 Å². The Kier molecular flexibility index (Phi) is 4.08. The van der Waals surface area contributed by atoms with E-state index in [0.29, 0.717) is 0 Å². The van der Waals surface area contributed by atoms with Crippen LogP contribution in [0.25, 0.3) is 0 Å². The van der Waals surface area contributed by atoms with Gasteiger partial charge in [0.2, 0.25) is 11.8 Å². The first-order valence-corrected chi connectivity index (χ1v) is 5.71. The molecule has 98 valence electrons. The van der Waals surface area contributed by atoms with Crippen LogP contribution in [0, 0.1) is 0 Å². The van der Waals surface area contributed by atoms with E-state index in [1.807, 2.05) is 0 Å². The third-order valence-corrected chi connectivity index (χ3v) is 2.32. The number of halogens is 2. The van der Waals surface area contributed by atoms with Gasteiger partial charge in [-0.2, -0.15) is 4.98 Å². The summed E-state index contributed by atoms with van der Waals surface area (Å²) in [7, 11) is 1.42. The maximum atomic E-state index is 11.8. The van der Waals surface area contributed by atoms with Crippen molar-refractivity contribution in [3.8, 4) is 5.88 Å². The summed E-state index contributed by atoms with van der Waals surface area (Å²) in [6, 6.07) is 1.41. The van der Waals surface area contributed by atoms with Gasteiger partial charge in [0, 0.05) is 6.07 Å². The Morgan fingerprint density at radius 2 is 2.00 bits per heavy atom. The number of ether oxygens (including phenoxy) is 1. The summed E-state index contributed by atoms with van der Waals surface area (Å²) in [5, 5.41) is 2.66. The lowest BCUT2D eigenvalue weighted by Gasteiger charge is -2.05. The molecule has 0 unspecified atom stereocenters. The van der Waals surface area contributed by atoms with Crippen LogP contribution in [0.15, 0.2) is 18.5 Å². The van der Waals surface area contributed by atoms with Crippen molar-refractivity contribution in [3.05, 3.63) is 34.5 Å². The van der Waals surface area contributed by atoms with E-state index >= 15 is 0 Å². The highest BCUT2D eigenvalue weighted by Gasteiger charge is 2.12. The second-order valence-corrected chi connectivity index (χ2v) is 4.01. The average Bonchev–Trinajstić information content (AvgIpc) is 2.38. The van der Waals surface area contributed by atoms with Gasteiger partial charge in [0.05, 0.1) is 19.5 Å². The molecule has 0 saturated heterocycles. The molecule has 0 aliphatic rings. The van der Waals surface area contributed by atoms with Gasteiger partial charge in [-0.1, -0.05) is 23.2 Å². The van der Waals surface area contributed by atoms with E-state index < -0.39 is 5.91 Å². The summed E-state index contributed by atoms with van der Waals surface area (Å²) in [4.78, 5) is 27.1. The molecule has 19 heavy (non-hydrogen) atoms. The van der Waals surface area contributed by atoms with Crippen molar-refractivity contribution < 1.29 is 9.53 Å². The molecule has 0 aliphatic heterocycles. The summed E-state index contributed by atoms with van der Waals surface area (Å²) < 4.78 is 4.91. The minimum Gasteiger partial charge on any atom is -0.481 e. The fourth-order valence-electron chi connectivity index (χ4n) is 1.17. The van der Waals surface area contributed by atoms with Crippen molar-refractivity contribution in [1.82, 2.24) is 19.9 Å². The van der Waals surface area contributed by atoms with E-state index in [9.17, 15) is 4.79 Å². The van der Waals surface area contributed by atoms with Crippen LogP contribution in [0.4, 0.5) is 5.95 Å². The lowest BCUT2D eigenvalue weighted by Crippen LogP contribution is -2.16. The SMILES string of the molecule is COc1cc(Cl)nc(NC(=O)c2cncc(Cl)n2)n1. The molecule has 2 aromatic rings. The highest BCUT2D eigenvalue weighted by Crippen LogP contribution is 2.16. The first kappa shape index (κ1) is 13.4. The number of methoxy groups -OCH3 is 1. The zero-order valence-electron chi connectivity index (χ0n) is 9.59. The van der Waals surface area contributed by atoms with Gasteiger partial charge in [0.1, 0.15) is 16.0 Å². The van der Waals surface area contributed by atoms with Crippen LogP contribution in [-0.2, 0) is 0 Å². The van der Waals surface area contributed by atoms with E-state index in [2.05, 4.69) is 25.3 Å². The van der Waals surface area contributed by atoms with Crippen molar-refractivity contribution in [2.75, 3.05) is 12.4 Å². The molecule has 0 saturated carbocycles. The molecule has 0 bridgehead atoms. The lowest BCUT2D eigenvalue weighted by atomic mass is 10.4. The summed E-state index contributed by atoms with van der Waals surface area (Å²) in [6.07, 6.45) is 2.58. The van der Waals surface area contributed by atoms with Crippen molar-refractivity contribution in [1.29, 1.82) is 0 Å². The van der Waals surface area contributed by atoms with Crippen LogP contribution < -0.4 is 10.1 Å². The Bertz CT molecular complexity index is 623. The molecule has 0 atom stereocenters. The predicted molar refractivity (Wildman–Crippen MR) is 68.6 cm³/mol. The fourth-order valence-corrected chi connectivity index (χ4v) is 1.50. The van der Waals surface area contributed by atoms with Crippen LogP contribution in [-0.4, -0.2) is 33.0 Å². The number of carbonyl (C=O) groups is 1. The molecule has 0 radical (unpaired) electrons. The second kappa shape index (κ2) is 5.77. The number of hydrogen-bond donors (Lipinski definition) is 1. The molecule has 9 heteroatoms. The monoisotopic (exact) mass is 299 g/mol. The maximum Gasteiger partial charge on any atom is 0.278 e. The fraction of sp³-hybridized carbons (Fsp3) is 0.100. The van der Waals surface area contributed by atoms with Crippen LogP contribution >= 0.6 is 23.2 Å². The molecule has 7 nitrogen and oxygen atoms in total. The van der Waals surface area contributed by atoms with E-state index in [1.54, 1.807) is 0 Å². The summed E-state index contributed by atoms with van der Waals surface area (Å²) in [5.74, 6) is -0.331. The van der Waals surface area contributed by atoms with Crippen molar-refractivity contribution in [2.24, 2.45) is 0 Å². The lowest BCUT2D eigenvalue weighted by molar-refractivity contribution is 0.102. The average molecular weight is 300 g/mol. The van der Waals surface area contributed by atoms with Gasteiger partial charge >= 0.3 is 0 Å². The Morgan fingerprint density at radius 1 is 1.21 bits per heavy atom. The molecule has 2 rings (SSSR count). The third kappa shape index (κ3) is 3.49. The number of rotatable bonds is 3. The van der Waals surface area contributed by atoms with Gasteiger partial charge in [-0.05, 0) is 0 Å². The largest absolute Gasteiger partial charge is 0.481 e. The topological polar surface area (TPSA) is 89.9 Å². The standard InChI is InChI=1S/C10H7Cl2N5O2/c1-19-8-2-6(11)15-10(16-8)17-9(18)5-3-13-4-7(12)14-5/h2-4H,1H3,(H,15,16,17,18). The van der Waals surface area contributed by atoms with Crippen molar-refractivity contribution >= 4 is 35.1 Å².